The van der Waals surface area contributed by atoms with E-state index in [2.05, 4.69) is 13.2 Å². The summed E-state index contributed by atoms with van der Waals surface area (Å²) in [5, 5.41) is 0. The van der Waals surface area contributed by atoms with Crippen LogP contribution in [0.1, 0.15) is 38.8 Å². The van der Waals surface area contributed by atoms with E-state index in [-0.39, 0.29) is 0 Å². The molecular formula is C25H26O4. The summed E-state index contributed by atoms with van der Waals surface area (Å²) in [6.07, 6.45) is -1.21. The lowest BCUT2D eigenvalue weighted by Gasteiger charge is -2.41. The Morgan fingerprint density at radius 2 is 1.10 bits per heavy atom. The van der Waals surface area contributed by atoms with E-state index in [0.29, 0.717) is 11.1 Å². The average Bonchev–Trinajstić information content (AvgIpc) is 2.99. The highest BCUT2D eigenvalue weighted by Gasteiger charge is 2.54. The van der Waals surface area contributed by atoms with Crippen LogP contribution in [0.4, 0.5) is 0 Å². The molecule has 0 radical (unpaired) electrons. The molecule has 0 saturated heterocycles. The van der Waals surface area contributed by atoms with Crippen molar-refractivity contribution in [1.29, 1.82) is 0 Å². The highest BCUT2D eigenvalue weighted by molar-refractivity contribution is 5.89. The van der Waals surface area contributed by atoms with E-state index >= 15 is 0 Å². The number of esters is 2. The van der Waals surface area contributed by atoms with E-state index in [0.717, 1.165) is 22.3 Å². The van der Waals surface area contributed by atoms with E-state index in [9.17, 15) is 9.59 Å². The van der Waals surface area contributed by atoms with Gasteiger partial charge in [0.05, 0.1) is 5.41 Å². The Kier molecular flexibility index (Phi) is 5.47. The number of benzene rings is 2. The van der Waals surface area contributed by atoms with Crippen LogP contribution in [-0.4, -0.2) is 24.1 Å². The van der Waals surface area contributed by atoms with Gasteiger partial charge in [-0.3, -0.25) is 0 Å². The zero-order chi connectivity index (χ0) is 21.3. The molecule has 1 aliphatic rings. The van der Waals surface area contributed by atoms with Crippen LogP contribution in [0.3, 0.4) is 0 Å². The van der Waals surface area contributed by atoms with Gasteiger partial charge in [0.2, 0.25) is 0 Å². The number of hydrogen-bond acceptors (Lipinski definition) is 4. The van der Waals surface area contributed by atoms with Crippen LogP contribution in [0.15, 0.2) is 72.8 Å². The van der Waals surface area contributed by atoms with Gasteiger partial charge in [-0.1, -0.05) is 61.7 Å². The smallest absolute Gasteiger partial charge is 0.333 e. The molecule has 4 heteroatoms. The Morgan fingerprint density at radius 1 is 0.759 bits per heavy atom. The number of carbonyl (C=O) groups excluding carboxylic acids is 2. The lowest BCUT2D eigenvalue weighted by atomic mass is 9.70. The van der Waals surface area contributed by atoms with Crippen molar-refractivity contribution in [1.82, 2.24) is 0 Å². The summed E-state index contributed by atoms with van der Waals surface area (Å²) in [4.78, 5) is 24.8. The fourth-order valence-corrected chi connectivity index (χ4v) is 4.22. The minimum Gasteiger partial charge on any atom is -0.458 e. The molecule has 4 nitrogen and oxygen atoms in total. The summed E-state index contributed by atoms with van der Waals surface area (Å²) in [6.45, 7) is 14.3. The summed E-state index contributed by atoms with van der Waals surface area (Å²) in [6, 6.07) is 15.9. The third-order valence-corrected chi connectivity index (χ3v) is 5.58. The Morgan fingerprint density at radius 3 is 1.45 bits per heavy atom. The highest BCUT2D eigenvalue weighted by Crippen LogP contribution is 2.54. The molecule has 0 spiro atoms. The van der Waals surface area contributed by atoms with Gasteiger partial charge in [-0.25, -0.2) is 9.59 Å². The highest BCUT2D eigenvalue weighted by atomic mass is 16.6. The van der Waals surface area contributed by atoms with Crippen molar-refractivity contribution in [3.63, 3.8) is 0 Å². The molecule has 2 aromatic carbocycles. The van der Waals surface area contributed by atoms with Crippen molar-refractivity contribution in [3.05, 3.63) is 84.0 Å². The SMILES string of the molecule is C=C(C)C(=O)OC(C)C1(C(C)OC(=O)C(=C)C)c2ccccc2-c2ccccc21. The second-order valence-corrected chi connectivity index (χ2v) is 7.62. The predicted octanol–water partition coefficient (Wildman–Crippen LogP) is 4.97. The maximum Gasteiger partial charge on any atom is 0.333 e. The largest absolute Gasteiger partial charge is 0.458 e. The molecule has 29 heavy (non-hydrogen) atoms. The number of ether oxygens (including phenoxy) is 2. The standard InChI is InChI=1S/C25H26O4/c1-15(2)23(26)28-17(5)25(18(6)29-24(27)16(3)4)21-13-9-7-11-19(21)20-12-8-10-14-22(20)25/h7-14,17-18H,1,3H2,2,4-6H3. The van der Waals surface area contributed by atoms with Crippen LogP contribution in [-0.2, 0) is 24.5 Å². The predicted molar refractivity (Wildman–Crippen MR) is 113 cm³/mol. The molecule has 150 valence electrons. The molecule has 0 saturated carbocycles. The van der Waals surface area contributed by atoms with Gasteiger partial charge < -0.3 is 9.47 Å². The average molecular weight is 390 g/mol. The molecule has 0 fully saturated rings. The van der Waals surface area contributed by atoms with Crippen LogP contribution < -0.4 is 0 Å². The molecule has 0 N–H and O–H groups in total. The molecular weight excluding hydrogens is 364 g/mol. The molecule has 0 aromatic heterocycles. The van der Waals surface area contributed by atoms with Gasteiger partial charge in [0.15, 0.2) is 0 Å². The summed E-state index contributed by atoms with van der Waals surface area (Å²) < 4.78 is 11.6. The zero-order valence-electron chi connectivity index (χ0n) is 17.3. The molecule has 0 amide bonds. The normalized spacial score (nSPS) is 15.4. The first kappa shape index (κ1) is 20.6. The van der Waals surface area contributed by atoms with E-state index in [1.807, 2.05) is 62.4 Å². The molecule has 2 aromatic rings. The van der Waals surface area contributed by atoms with E-state index in [1.165, 1.54) is 0 Å². The Labute approximate surface area is 171 Å². The van der Waals surface area contributed by atoms with Crippen molar-refractivity contribution in [2.24, 2.45) is 0 Å². The fraction of sp³-hybridized carbons (Fsp3) is 0.280. The molecule has 0 bridgehead atoms. The molecule has 0 aliphatic heterocycles. The summed E-state index contributed by atoms with van der Waals surface area (Å²) >= 11 is 0. The second kappa shape index (κ2) is 7.70. The number of hydrogen-bond donors (Lipinski definition) is 0. The van der Waals surface area contributed by atoms with E-state index in [1.54, 1.807) is 13.8 Å². The third kappa shape index (κ3) is 3.29. The Hall–Kier alpha value is -3.14. The summed E-state index contributed by atoms with van der Waals surface area (Å²) in [5.74, 6) is -0.950. The van der Waals surface area contributed by atoms with Crippen LogP contribution in [0.2, 0.25) is 0 Å². The lowest BCUT2D eigenvalue weighted by Crippen LogP contribution is -2.50. The number of rotatable bonds is 6. The number of fused-ring (bicyclic) bond motifs is 3. The Balaban J connectivity index is 2.23. The van der Waals surface area contributed by atoms with Crippen LogP contribution in [0, 0.1) is 0 Å². The summed E-state index contributed by atoms with van der Waals surface area (Å²) in [5.41, 5.74) is 3.79. The van der Waals surface area contributed by atoms with Gasteiger partial charge in [-0.2, -0.15) is 0 Å². The first-order valence-electron chi connectivity index (χ1n) is 9.63. The van der Waals surface area contributed by atoms with Gasteiger partial charge in [0.1, 0.15) is 12.2 Å². The van der Waals surface area contributed by atoms with E-state index in [4.69, 9.17) is 9.47 Å². The maximum absolute atomic E-state index is 12.4. The fourth-order valence-electron chi connectivity index (χ4n) is 4.22. The molecule has 3 rings (SSSR count). The van der Waals surface area contributed by atoms with Gasteiger partial charge >= 0.3 is 11.9 Å². The molecule has 2 atom stereocenters. The van der Waals surface area contributed by atoms with Crippen LogP contribution >= 0.6 is 0 Å². The Bertz CT molecular complexity index is 920. The van der Waals surface area contributed by atoms with Crippen LogP contribution in [0.5, 0.6) is 0 Å². The first-order chi connectivity index (χ1) is 13.7. The zero-order valence-corrected chi connectivity index (χ0v) is 17.3. The molecule has 0 heterocycles. The quantitative estimate of drug-likeness (QED) is 0.516. The van der Waals surface area contributed by atoms with Crippen molar-refractivity contribution >= 4 is 11.9 Å². The molecule has 2 unspecified atom stereocenters. The summed E-state index contributed by atoms with van der Waals surface area (Å²) in [7, 11) is 0. The van der Waals surface area contributed by atoms with Crippen molar-refractivity contribution < 1.29 is 19.1 Å². The van der Waals surface area contributed by atoms with Gasteiger partial charge in [0.25, 0.3) is 0 Å². The van der Waals surface area contributed by atoms with Gasteiger partial charge in [-0.15, -0.1) is 0 Å². The topological polar surface area (TPSA) is 52.6 Å². The van der Waals surface area contributed by atoms with Crippen LogP contribution in [0.25, 0.3) is 11.1 Å². The van der Waals surface area contributed by atoms with Gasteiger partial charge in [0, 0.05) is 11.1 Å². The van der Waals surface area contributed by atoms with Crippen molar-refractivity contribution in [2.45, 2.75) is 45.3 Å². The van der Waals surface area contributed by atoms with E-state index < -0.39 is 29.6 Å². The first-order valence-corrected chi connectivity index (χ1v) is 9.63. The molecule has 1 aliphatic carbocycles. The lowest BCUT2D eigenvalue weighted by molar-refractivity contribution is -0.155. The number of carbonyl (C=O) groups is 2. The minimum atomic E-state index is -0.858. The minimum absolute atomic E-state index is 0.318. The maximum atomic E-state index is 12.4. The van der Waals surface area contributed by atoms with Crippen molar-refractivity contribution in [3.8, 4) is 11.1 Å². The third-order valence-electron chi connectivity index (χ3n) is 5.58. The van der Waals surface area contributed by atoms with Crippen molar-refractivity contribution in [2.75, 3.05) is 0 Å². The second-order valence-electron chi connectivity index (χ2n) is 7.62. The monoisotopic (exact) mass is 390 g/mol. The van der Waals surface area contributed by atoms with Gasteiger partial charge in [-0.05, 0) is 49.9 Å².